The molecule has 0 spiro atoms. The fourth-order valence-corrected chi connectivity index (χ4v) is 1.99. The van der Waals surface area contributed by atoms with E-state index in [1.807, 2.05) is 6.92 Å². The number of allylic oxidation sites excluding steroid dienone is 1. The standard InChI is InChI=1S/C15H16N2O5/c1-4-11-9(2)20-10(3)14(21-12(18)5-7-16)15(11)22-13(19)6-8-17/h9H,4-6H2,1-3H3. The molecule has 0 fully saturated rings. The van der Waals surface area contributed by atoms with Crippen LogP contribution in [-0.4, -0.2) is 18.0 Å². The van der Waals surface area contributed by atoms with Crippen molar-refractivity contribution in [2.24, 2.45) is 0 Å². The molecule has 22 heavy (non-hydrogen) atoms. The first-order valence-electron chi connectivity index (χ1n) is 6.70. The minimum atomic E-state index is -0.778. The Morgan fingerprint density at radius 2 is 1.64 bits per heavy atom. The van der Waals surface area contributed by atoms with E-state index in [2.05, 4.69) is 0 Å². The summed E-state index contributed by atoms with van der Waals surface area (Å²) in [6, 6.07) is 3.37. The minimum absolute atomic E-state index is 0.0264. The summed E-state index contributed by atoms with van der Waals surface area (Å²) >= 11 is 0. The predicted molar refractivity (Wildman–Crippen MR) is 73.2 cm³/mol. The van der Waals surface area contributed by atoms with Gasteiger partial charge in [0.25, 0.3) is 0 Å². The van der Waals surface area contributed by atoms with E-state index in [1.165, 1.54) is 0 Å². The topological polar surface area (TPSA) is 109 Å². The Morgan fingerprint density at radius 1 is 1.14 bits per heavy atom. The van der Waals surface area contributed by atoms with Gasteiger partial charge in [0.1, 0.15) is 24.7 Å². The van der Waals surface area contributed by atoms with Crippen LogP contribution in [0.2, 0.25) is 0 Å². The number of hydrogen-bond donors (Lipinski definition) is 0. The van der Waals surface area contributed by atoms with E-state index < -0.39 is 24.8 Å². The predicted octanol–water partition coefficient (Wildman–Crippen LogP) is 2.21. The first kappa shape index (κ1) is 17.3. The zero-order valence-corrected chi connectivity index (χ0v) is 12.6. The number of esters is 2. The van der Waals surface area contributed by atoms with Gasteiger partial charge in [-0.1, -0.05) is 6.92 Å². The second kappa shape index (κ2) is 7.84. The fraction of sp³-hybridized carbons (Fsp3) is 0.467. The lowest BCUT2D eigenvalue weighted by molar-refractivity contribution is -0.144. The van der Waals surface area contributed by atoms with Gasteiger partial charge in [-0.15, -0.1) is 0 Å². The molecule has 0 aromatic heterocycles. The highest BCUT2D eigenvalue weighted by Gasteiger charge is 2.31. The normalized spacial score (nSPS) is 17.2. The number of ether oxygens (including phenoxy) is 3. The lowest BCUT2D eigenvalue weighted by Crippen LogP contribution is -2.24. The molecule has 1 aliphatic heterocycles. The number of carbonyl (C=O) groups is 2. The molecule has 0 aliphatic carbocycles. The molecule has 1 atom stereocenters. The molecule has 1 aliphatic rings. The summed E-state index contributed by atoms with van der Waals surface area (Å²) in [5.41, 5.74) is 0.636. The van der Waals surface area contributed by atoms with Crippen LogP contribution in [0.5, 0.6) is 0 Å². The third-order valence-electron chi connectivity index (χ3n) is 2.92. The van der Waals surface area contributed by atoms with E-state index in [-0.39, 0.29) is 23.4 Å². The van der Waals surface area contributed by atoms with Gasteiger partial charge in [0.05, 0.1) is 12.1 Å². The Kier molecular flexibility index (Phi) is 6.15. The van der Waals surface area contributed by atoms with Gasteiger partial charge in [0.15, 0.2) is 5.76 Å². The van der Waals surface area contributed by atoms with Crippen molar-refractivity contribution < 1.29 is 23.8 Å². The van der Waals surface area contributed by atoms with E-state index in [9.17, 15) is 9.59 Å². The third kappa shape index (κ3) is 4.10. The molecule has 0 aromatic rings. The SMILES string of the molecule is CCC1=C(OC(=O)CC#N)C(OC(=O)CC#N)=C(C)OC1C. The maximum atomic E-state index is 11.6. The highest BCUT2D eigenvalue weighted by atomic mass is 16.6. The number of rotatable bonds is 5. The van der Waals surface area contributed by atoms with Gasteiger partial charge >= 0.3 is 11.9 Å². The Bertz CT molecular complexity index is 619. The minimum Gasteiger partial charge on any atom is -0.487 e. The molecule has 1 heterocycles. The molecule has 0 saturated carbocycles. The molecule has 1 unspecified atom stereocenters. The van der Waals surface area contributed by atoms with Crippen LogP contribution < -0.4 is 0 Å². The first-order valence-corrected chi connectivity index (χ1v) is 6.70. The zero-order chi connectivity index (χ0) is 16.7. The quantitative estimate of drug-likeness (QED) is 0.716. The van der Waals surface area contributed by atoms with E-state index in [0.717, 1.165) is 0 Å². The second-order valence-electron chi connectivity index (χ2n) is 4.47. The maximum Gasteiger partial charge on any atom is 0.325 e. The van der Waals surface area contributed by atoms with Crippen LogP contribution in [0.3, 0.4) is 0 Å². The second-order valence-corrected chi connectivity index (χ2v) is 4.47. The summed E-state index contributed by atoms with van der Waals surface area (Å²) in [5, 5.41) is 17.1. The van der Waals surface area contributed by atoms with Crippen molar-refractivity contribution in [3.05, 3.63) is 22.9 Å². The highest BCUT2D eigenvalue weighted by molar-refractivity contribution is 5.76. The van der Waals surface area contributed by atoms with Crippen LogP contribution in [-0.2, 0) is 23.8 Å². The maximum absolute atomic E-state index is 11.6. The number of nitriles is 2. The van der Waals surface area contributed by atoms with Gasteiger partial charge < -0.3 is 14.2 Å². The van der Waals surface area contributed by atoms with E-state index in [4.69, 9.17) is 24.7 Å². The van der Waals surface area contributed by atoms with Gasteiger partial charge in [-0.05, 0) is 20.3 Å². The van der Waals surface area contributed by atoms with Gasteiger partial charge in [0.2, 0.25) is 5.76 Å². The third-order valence-corrected chi connectivity index (χ3v) is 2.92. The van der Waals surface area contributed by atoms with E-state index >= 15 is 0 Å². The van der Waals surface area contributed by atoms with Crippen LogP contribution in [0.15, 0.2) is 22.9 Å². The largest absolute Gasteiger partial charge is 0.487 e. The van der Waals surface area contributed by atoms with E-state index in [1.54, 1.807) is 26.0 Å². The summed E-state index contributed by atoms with van der Waals surface area (Å²) in [6.45, 7) is 5.17. The zero-order valence-electron chi connectivity index (χ0n) is 12.6. The summed E-state index contributed by atoms with van der Waals surface area (Å²) < 4.78 is 15.8. The summed E-state index contributed by atoms with van der Waals surface area (Å²) in [4.78, 5) is 23.1. The van der Waals surface area contributed by atoms with Crippen LogP contribution in [0.25, 0.3) is 0 Å². The van der Waals surface area contributed by atoms with Gasteiger partial charge in [-0.25, -0.2) is 0 Å². The molecule has 0 N–H and O–H groups in total. The average molecular weight is 304 g/mol. The molecular formula is C15H16N2O5. The van der Waals surface area contributed by atoms with E-state index in [0.29, 0.717) is 12.0 Å². The average Bonchev–Trinajstić information content (AvgIpc) is 2.43. The molecule has 116 valence electrons. The molecule has 0 saturated heterocycles. The van der Waals surface area contributed by atoms with Crippen LogP contribution >= 0.6 is 0 Å². The van der Waals surface area contributed by atoms with Crippen molar-refractivity contribution in [1.82, 2.24) is 0 Å². The van der Waals surface area contributed by atoms with Crippen molar-refractivity contribution in [3.8, 4) is 12.1 Å². The Labute approximate surface area is 128 Å². The van der Waals surface area contributed by atoms with Crippen molar-refractivity contribution in [3.63, 3.8) is 0 Å². The number of hydrogen-bond acceptors (Lipinski definition) is 7. The smallest absolute Gasteiger partial charge is 0.325 e. The van der Waals surface area contributed by atoms with Crippen LogP contribution in [0, 0.1) is 22.7 Å². The molecule has 0 amide bonds. The number of carbonyl (C=O) groups excluding carboxylic acids is 2. The molecule has 0 aromatic carbocycles. The van der Waals surface area contributed by atoms with Gasteiger partial charge in [-0.3, -0.25) is 9.59 Å². The van der Waals surface area contributed by atoms with Crippen molar-refractivity contribution in [1.29, 1.82) is 10.5 Å². The summed E-state index contributed by atoms with van der Waals surface area (Å²) in [7, 11) is 0. The molecular weight excluding hydrogens is 288 g/mol. The monoisotopic (exact) mass is 304 g/mol. The first-order chi connectivity index (χ1) is 10.4. The van der Waals surface area contributed by atoms with Crippen LogP contribution in [0.4, 0.5) is 0 Å². The number of nitrogens with zero attached hydrogens (tertiary/aromatic N) is 2. The molecule has 0 radical (unpaired) electrons. The summed E-state index contributed by atoms with van der Waals surface area (Å²) in [6.07, 6.45) is -0.710. The fourth-order valence-electron chi connectivity index (χ4n) is 1.99. The van der Waals surface area contributed by atoms with Gasteiger partial charge in [-0.2, -0.15) is 10.5 Å². The molecule has 0 bridgehead atoms. The van der Waals surface area contributed by atoms with Crippen molar-refractivity contribution in [2.75, 3.05) is 0 Å². The molecule has 7 nitrogen and oxygen atoms in total. The Hall–Kier alpha value is -2.80. The molecule has 7 heteroatoms. The highest BCUT2D eigenvalue weighted by Crippen LogP contribution is 2.33. The summed E-state index contributed by atoms with van der Waals surface area (Å²) in [5.74, 6) is -1.19. The Morgan fingerprint density at radius 3 is 2.09 bits per heavy atom. The van der Waals surface area contributed by atoms with Crippen LogP contribution in [0.1, 0.15) is 40.0 Å². The Balaban J connectivity index is 3.18. The van der Waals surface area contributed by atoms with Gasteiger partial charge in [0, 0.05) is 5.57 Å². The van der Waals surface area contributed by atoms with Crippen molar-refractivity contribution >= 4 is 11.9 Å². The lowest BCUT2D eigenvalue weighted by Gasteiger charge is -2.28. The molecule has 1 rings (SSSR count). The van der Waals surface area contributed by atoms with Crippen molar-refractivity contribution in [2.45, 2.75) is 46.1 Å². The lowest BCUT2D eigenvalue weighted by atomic mass is 10.0.